The normalized spacial score (nSPS) is 20.8. The number of aromatic nitrogens is 1. The Morgan fingerprint density at radius 2 is 1.90 bits per heavy atom. The highest BCUT2D eigenvalue weighted by Gasteiger charge is 2.43. The van der Waals surface area contributed by atoms with Gasteiger partial charge in [-0.05, 0) is 55.9 Å². The van der Waals surface area contributed by atoms with Gasteiger partial charge in [-0.15, -0.1) is 0 Å². The molecule has 0 bridgehead atoms. The van der Waals surface area contributed by atoms with E-state index in [0.717, 1.165) is 30.6 Å². The minimum absolute atomic E-state index is 0.0466. The number of rotatable bonds is 7. The molecule has 2 heterocycles. The lowest BCUT2D eigenvalue weighted by Gasteiger charge is -2.31. The summed E-state index contributed by atoms with van der Waals surface area (Å²) >= 11 is 0. The molecule has 30 heavy (non-hydrogen) atoms. The summed E-state index contributed by atoms with van der Waals surface area (Å²) in [4.78, 5) is 34.8. The number of nitrogens with zero attached hydrogens (tertiary/aromatic N) is 3. The van der Waals surface area contributed by atoms with Crippen LogP contribution in [-0.4, -0.2) is 34.3 Å². The molecule has 2 amide bonds. The van der Waals surface area contributed by atoms with Gasteiger partial charge in [-0.2, -0.15) is 0 Å². The van der Waals surface area contributed by atoms with Crippen molar-refractivity contribution in [1.29, 1.82) is 0 Å². The van der Waals surface area contributed by atoms with E-state index in [1.807, 2.05) is 53.1 Å². The van der Waals surface area contributed by atoms with Crippen LogP contribution >= 0.6 is 0 Å². The third-order valence-electron chi connectivity index (χ3n) is 6.57. The number of anilines is 1. The molecule has 5 nitrogen and oxygen atoms in total. The summed E-state index contributed by atoms with van der Waals surface area (Å²) < 4.78 is 0. The van der Waals surface area contributed by atoms with Gasteiger partial charge >= 0.3 is 0 Å². The average Bonchev–Trinajstić information content (AvgIpc) is 3.54. The lowest BCUT2D eigenvalue weighted by molar-refractivity contribution is -0.138. The maximum atomic E-state index is 13.6. The third kappa shape index (κ3) is 3.98. The standard InChI is InChI=1S/C25H31N3O2/c1-4-17(2)21-9-5-6-11-23(21)27-16-19(15-24(27)29)25(30)28(20-12-13-20)18(3)22-10-7-8-14-26-22/h5-11,14,17-20H,4,12-13,15-16H2,1-3H3. The summed E-state index contributed by atoms with van der Waals surface area (Å²) in [6.07, 6.45) is 5.13. The molecule has 0 N–H and O–H groups in total. The first-order chi connectivity index (χ1) is 14.5. The van der Waals surface area contributed by atoms with Crippen LogP contribution in [0.3, 0.4) is 0 Å². The van der Waals surface area contributed by atoms with Gasteiger partial charge in [0.25, 0.3) is 0 Å². The molecule has 3 unspecified atom stereocenters. The Morgan fingerprint density at radius 1 is 1.17 bits per heavy atom. The van der Waals surface area contributed by atoms with Crippen molar-refractivity contribution < 1.29 is 9.59 Å². The zero-order valence-electron chi connectivity index (χ0n) is 18.1. The lowest BCUT2D eigenvalue weighted by Crippen LogP contribution is -2.41. The van der Waals surface area contributed by atoms with E-state index in [-0.39, 0.29) is 36.2 Å². The van der Waals surface area contributed by atoms with Crippen LogP contribution in [-0.2, 0) is 9.59 Å². The van der Waals surface area contributed by atoms with Gasteiger partial charge in [-0.1, -0.05) is 38.1 Å². The number of hydrogen-bond acceptors (Lipinski definition) is 3. The Labute approximate surface area is 179 Å². The van der Waals surface area contributed by atoms with Crippen molar-refractivity contribution in [2.75, 3.05) is 11.4 Å². The van der Waals surface area contributed by atoms with E-state index in [4.69, 9.17) is 0 Å². The molecule has 2 fully saturated rings. The summed E-state index contributed by atoms with van der Waals surface area (Å²) in [6.45, 7) is 6.85. The van der Waals surface area contributed by atoms with Crippen LogP contribution in [0.4, 0.5) is 5.69 Å². The Kier molecular flexibility index (Phi) is 5.89. The molecule has 1 aromatic heterocycles. The van der Waals surface area contributed by atoms with E-state index in [9.17, 15) is 9.59 Å². The largest absolute Gasteiger partial charge is 0.331 e. The minimum Gasteiger partial charge on any atom is -0.331 e. The summed E-state index contributed by atoms with van der Waals surface area (Å²) in [6, 6.07) is 14.1. The molecular formula is C25H31N3O2. The Hall–Kier alpha value is -2.69. The van der Waals surface area contributed by atoms with Crippen molar-refractivity contribution >= 4 is 17.5 Å². The fourth-order valence-corrected chi connectivity index (χ4v) is 4.49. The van der Waals surface area contributed by atoms with Gasteiger partial charge in [0.15, 0.2) is 0 Å². The number of para-hydroxylation sites is 1. The molecule has 5 heteroatoms. The summed E-state index contributed by atoms with van der Waals surface area (Å²) in [5, 5.41) is 0. The number of carbonyl (C=O) groups is 2. The first kappa shape index (κ1) is 20.6. The van der Waals surface area contributed by atoms with Gasteiger partial charge < -0.3 is 9.80 Å². The number of hydrogen-bond donors (Lipinski definition) is 0. The van der Waals surface area contributed by atoms with Gasteiger partial charge in [-0.25, -0.2) is 0 Å². The maximum Gasteiger partial charge on any atom is 0.228 e. The molecule has 1 saturated carbocycles. The molecule has 3 atom stereocenters. The molecule has 1 aliphatic heterocycles. The van der Waals surface area contributed by atoms with Crippen molar-refractivity contribution in [3.05, 3.63) is 59.9 Å². The van der Waals surface area contributed by atoms with Crippen molar-refractivity contribution in [3.63, 3.8) is 0 Å². The number of pyridine rings is 1. The van der Waals surface area contributed by atoms with Gasteiger partial charge in [0.1, 0.15) is 0 Å². The second-order valence-corrected chi connectivity index (χ2v) is 8.68. The topological polar surface area (TPSA) is 53.5 Å². The molecular weight excluding hydrogens is 374 g/mol. The second kappa shape index (κ2) is 8.58. The van der Waals surface area contributed by atoms with E-state index in [2.05, 4.69) is 24.9 Å². The average molecular weight is 406 g/mol. The fraction of sp³-hybridized carbons (Fsp3) is 0.480. The van der Waals surface area contributed by atoms with E-state index in [1.165, 1.54) is 5.56 Å². The zero-order chi connectivity index (χ0) is 21.3. The molecule has 1 aliphatic carbocycles. The van der Waals surface area contributed by atoms with E-state index >= 15 is 0 Å². The number of benzene rings is 1. The first-order valence-corrected chi connectivity index (χ1v) is 11.1. The van der Waals surface area contributed by atoms with Crippen LogP contribution in [0.2, 0.25) is 0 Å². The molecule has 2 aliphatic rings. The summed E-state index contributed by atoms with van der Waals surface area (Å²) in [5.74, 6) is 0.211. The predicted octanol–water partition coefficient (Wildman–Crippen LogP) is 4.70. The van der Waals surface area contributed by atoms with Crippen LogP contribution in [0.5, 0.6) is 0 Å². The molecule has 1 saturated heterocycles. The van der Waals surface area contributed by atoms with Crippen LogP contribution in [0, 0.1) is 5.92 Å². The van der Waals surface area contributed by atoms with Crippen molar-refractivity contribution in [2.24, 2.45) is 5.92 Å². The van der Waals surface area contributed by atoms with Gasteiger partial charge in [-0.3, -0.25) is 14.6 Å². The van der Waals surface area contributed by atoms with Gasteiger partial charge in [0, 0.05) is 30.9 Å². The highest BCUT2D eigenvalue weighted by atomic mass is 16.2. The number of amides is 2. The molecule has 0 radical (unpaired) electrons. The van der Waals surface area contributed by atoms with E-state index < -0.39 is 0 Å². The summed E-state index contributed by atoms with van der Waals surface area (Å²) in [5.41, 5.74) is 3.05. The van der Waals surface area contributed by atoms with Gasteiger partial charge in [0.2, 0.25) is 11.8 Å². The molecule has 1 aromatic carbocycles. The highest BCUT2D eigenvalue weighted by Crippen LogP contribution is 2.38. The number of carbonyl (C=O) groups excluding carboxylic acids is 2. The van der Waals surface area contributed by atoms with Crippen molar-refractivity contribution in [1.82, 2.24) is 9.88 Å². The third-order valence-corrected chi connectivity index (χ3v) is 6.57. The second-order valence-electron chi connectivity index (χ2n) is 8.68. The Bertz CT molecular complexity index is 910. The summed E-state index contributed by atoms with van der Waals surface area (Å²) in [7, 11) is 0. The van der Waals surface area contributed by atoms with E-state index in [1.54, 1.807) is 6.20 Å². The molecule has 158 valence electrons. The fourth-order valence-electron chi connectivity index (χ4n) is 4.49. The SMILES string of the molecule is CCC(C)c1ccccc1N1CC(C(=O)N(C2CC2)C(C)c2ccccn2)CC1=O. The van der Waals surface area contributed by atoms with Crippen molar-refractivity contribution in [3.8, 4) is 0 Å². The quantitative estimate of drug-likeness (QED) is 0.671. The minimum atomic E-state index is -0.297. The Balaban J connectivity index is 1.56. The smallest absolute Gasteiger partial charge is 0.228 e. The zero-order valence-corrected chi connectivity index (χ0v) is 18.1. The van der Waals surface area contributed by atoms with Gasteiger partial charge in [0.05, 0.1) is 17.7 Å². The van der Waals surface area contributed by atoms with E-state index in [0.29, 0.717) is 12.5 Å². The maximum absolute atomic E-state index is 13.6. The Morgan fingerprint density at radius 3 is 2.57 bits per heavy atom. The molecule has 0 spiro atoms. The molecule has 2 aromatic rings. The predicted molar refractivity (Wildman–Crippen MR) is 118 cm³/mol. The monoisotopic (exact) mass is 405 g/mol. The van der Waals surface area contributed by atoms with Crippen LogP contribution in [0.25, 0.3) is 0 Å². The van der Waals surface area contributed by atoms with Crippen molar-refractivity contribution in [2.45, 2.75) is 64.5 Å². The first-order valence-electron chi connectivity index (χ1n) is 11.1. The van der Waals surface area contributed by atoms with Crippen LogP contribution in [0.1, 0.15) is 69.7 Å². The molecule has 4 rings (SSSR count). The van der Waals surface area contributed by atoms with Crippen LogP contribution < -0.4 is 4.90 Å². The lowest BCUT2D eigenvalue weighted by atomic mass is 9.96. The van der Waals surface area contributed by atoms with Crippen LogP contribution in [0.15, 0.2) is 48.7 Å². The highest BCUT2D eigenvalue weighted by molar-refractivity contribution is 6.01.